The normalized spacial score (nSPS) is 15.9. The molecule has 1 heterocycles. The van der Waals surface area contributed by atoms with Crippen molar-refractivity contribution in [2.75, 3.05) is 11.9 Å². The van der Waals surface area contributed by atoms with Crippen molar-refractivity contribution in [3.63, 3.8) is 0 Å². The Labute approximate surface area is 89.1 Å². The highest BCUT2D eigenvalue weighted by Crippen LogP contribution is 2.42. The van der Waals surface area contributed by atoms with Crippen LogP contribution in [0.15, 0.2) is 18.2 Å². The van der Waals surface area contributed by atoms with E-state index in [1.807, 2.05) is 0 Å². The zero-order valence-corrected chi connectivity index (χ0v) is 8.00. The molecule has 7 heteroatoms. The predicted octanol–water partition coefficient (Wildman–Crippen LogP) is 0.905. The van der Waals surface area contributed by atoms with Gasteiger partial charge in [0.05, 0.1) is 6.54 Å². The molecule has 0 radical (unpaired) electrons. The molecule has 0 bridgehead atoms. The molecule has 1 aromatic carbocycles. The zero-order chi connectivity index (χ0) is 11.8. The summed E-state index contributed by atoms with van der Waals surface area (Å²) >= 11 is 0. The van der Waals surface area contributed by atoms with Gasteiger partial charge in [-0.05, 0) is 12.1 Å². The number of ether oxygens (including phenoxy) is 2. The number of carbonyl (C=O) groups excluding carboxylic acids is 1. The van der Waals surface area contributed by atoms with Crippen molar-refractivity contribution in [1.29, 1.82) is 0 Å². The fraction of sp³-hybridized carbons (Fsp3) is 0.222. The van der Waals surface area contributed by atoms with E-state index in [9.17, 15) is 13.6 Å². The van der Waals surface area contributed by atoms with Gasteiger partial charge in [0.1, 0.15) is 0 Å². The van der Waals surface area contributed by atoms with Crippen molar-refractivity contribution in [3.05, 3.63) is 18.2 Å². The van der Waals surface area contributed by atoms with Gasteiger partial charge < -0.3 is 20.5 Å². The molecule has 5 nitrogen and oxygen atoms in total. The van der Waals surface area contributed by atoms with Crippen LogP contribution in [0, 0.1) is 0 Å². The summed E-state index contributed by atoms with van der Waals surface area (Å²) in [6, 6.07) is 3.93. The van der Waals surface area contributed by atoms with Crippen molar-refractivity contribution in [2.24, 2.45) is 5.73 Å². The lowest BCUT2D eigenvalue weighted by Crippen LogP contribution is -2.26. The van der Waals surface area contributed by atoms with Crippen LogP contribution in [-0.4, -0.2) is 18.7 Å². The van der Waals surface area contributed by atoms with Crippen LogP contribution in [0.3, 0.4) is 0 Å². The number of rotatable bonds is 2. The summed E-state index contributed by atoms with van der Waals surface area (Å²) < 4.78 is 33.7. The van der Waals surface area contributed by atoms with Gasteiger partial charge in [-0.2, -0.15) is 0 Å². The summed E-state index contributed by atoms with van der Waals surface area (Å²) in [7, 11) is 0. The Morgan fingerprint density at radius 1 is 1.38 bits per heavy atom. The number of alkyl halides is 2. The summed E-state index contributed by atoms with van der Waals surface area (Å²) in [6.07, 6.45) is -3.65. The highest BCUT2D eigenvalue weighted by atomic mass is 19.3. The van der Waals surface area contributed by atoms with E-state index < -0.39 is 12.2 Å². The van der Waals surface area contributed by atoms with Gasteiger partial charge in [-0.1, -0.05) is 0 Å². The number of benzene rings is 1. The van der Waals surface area contributed by atoms with Crippen molar-refractivity contribution in [1.82, 2.24) is 0 Å². The van der Waals surface area contributed by atoms with Gasteiger partial charge in [0, 0.05) is 11.8 Å². The first-order valence-electron chi connectivity index (χ1n) is 4.40. The molecule has 16 heavy (non-hydrogen) atoms. The van der Waals surface area contributed by atoms with Crippen LogP contribution in [0.5, 0.6) is 11.5 Å². The molecule has 0 unspecified atom stereocenters. The molecule has 0 saturated heterocycles. The molecule has 0 atom stereocenters. The standard InChI is InChI=1S/C9H8F2N2O3/c10-9(11)15-6-2-1-5(3-7(6)16-9)13-8(14)4-12/h1-3H,4,12H2,(H,13,14). The monoisotopic (exact) mass is 230 g/mol. The second-order valence-corrected chi connectivity index (χ2v) is 3.08. The second-order valence-electron chi connectivity index (χ2n) is 3.08. The highest BCUT2D eigenvalue weighted by molar-refractivity contribution is 5.92. The minimum atomic E-state index is -3.65. The molecule has 2 rings (SSSR count). The van der Waals surface area contributed by atoms with Crippen molar-refractivity contribution in [3.8, 4) is 11.5 Å². The third-order valence-electron chi connectivity index (χ3n) is 1.87. The number of hydrogen-bond donors (Lipinski definition) is 2. The van der Waals surface area contributed by atoms with Gasteiger partial charge in [-0.15, -0.1) is 8.78 Å². The van der Waals surface area contributed by atoms with Crippen LogP contribution < -0.4 is 20.5 Å². The van der Waals surface area contributed by atoms with E-state index in [0.29, 0.717) is 5.69 Å². The summed E-state index contributed by atoms with van der Waals surface area (Å²) in [5, 5.41) is 2.40. The lowest BCUT2D eigenvalue weighted by atomic mass is 10.3. The summed E-state index contributed by atoms with van der Waals surface area (Å²) in [5.74, 6) is -0.624. The van der Waals surface area contributed by atoms with E-state index in [4.69, 9.17) is 5.73 Å². The third-order valence-corrected chi connectivity index (χ3v) is 1.87. The lowest BCUT2D eigenvalue weighted by molar-refractivity contribution is -0.286. The number of fused-ring (bicyclic) bond motifs is 1. The Morgan fingerprint density at radius 2 is 2.06 bits per heavy atom. The van der Waals surface area contributed by atoms with Crippen molar-refractivity contribution in [2.45, 2.75) is 6.29 Å². The molecule has 86 valence electrons. The molecule has 1 aliphatic heterocycles. The van der Waals surface area contributed by atoms with E-state index in [1.165, 1.54) is 18.2 Å². The molecular weight excluding hydrogens is 222 g/mol. The van der Waals surface area contributed by atoms with Gasteiger partial charge in [0.15, 0.2) is 11.5 Å². The van der Waals surface area contributed by atoms with Gasteiger partial charge >= 0.3 is 6.29 Å². The summed E-state index contributed by atoms with van der Waals surface area (Å²) in [6.45, 7) is -0.190. The number of halogens is 2. The molecular formula is C9H8F2N2O3. The number of carbonyl (C=O) groups is 1. The summed E-state index contributed by atoms with van der Waals surface area (Å²) in [5.41, 5.74) is 5.40. The number of amides is 1. The van der Waals surface area contributed by atoms with E-state index in [-0.39, 0.29) is 18.0 Å². The molecule has 1 aromatic rings. The minimum absolute atomic E-state index is 0.0734. The van der Waals surface area contributed by atoms with Crippen LogP contribution in [0.4, 0.5) is 14.5 Å². The van der Waals surface area contributed by atoms with Gasteiger partial charge in [-0.25, -0.2) is 0 Å². The van der Waals surface area contributed by atoms with Crippen molar-refractivity contribution >= 4 is 11.6 Å². The Hall–Kier alpha value is -1.89. The van der Waals surface area contributed by atoms with Crippen LogP contribution in [0.25, 0.3) is 0 Å². The number of nitrogens with two attached hydrogens (primary N) is 1. The first-order chi connectivity index (χ1) is 7.50. The van der Waals surface area contributed by atoms with Crippen LogP contribution in [0.1, 0.15) is 0 Å². The lowest BCUT2D eigenvalue weighted by Gasteiger charge is -2.04. The van der Waals surface area contributed by atoms with Gasteiger partial charge in [0.25, 0.3) is 0 Å². The third kappa shape index (κ3) is 2.03. The molecule has 0 saturated carbocycles. The largest absolute Gasteiger partial charge is 0.586 e. The van der Waals surface area contributed by atoms with E-state index in [1.54, 1.807) is 0 Å². The van der Waals surface area contributed by atoms with E-state index in [2.05, 4.69) is 14.8 Å². The number of nitrogens with one attached hydrogen (secondary N) is 1. The van der Waals surface area contributed by atoms with E-state index >= 15 is 0 Å². The maximum atomic E-state index is 12.6. The smallest absolute Gasteiger partial charge is 0.395 e. The average Bonchev–Trinajstić information content (AvgIpc) is 2.51. The molecule has 1 amide bonds. The maximum Gasteiger partial charge on any atom is 0.586 e. The molecule has 0 fully saturated rings. The Kier molecular flexibility index (Phi) is 2.39. The quantitative estimate of drug-likeness (QED) is 0.791. The zero-order valence-electron chi connectivity index (χ0n) is 8.00. The van der Waals surface area contributed by atoms with Gasteiger partial charge in [-0.3, -0.25) is 4.79 Å². The number of anilines is 1. The molecule has 0 aromatic heterocycles. The molecule has 3 N–H and O–H groups in total. The number of hydrogen-bond acceptors (Lipinski definition) is 4. The average molecular weight is 230 g/mol. The molecule has 0 spiro atoms. The Morgan fingerprint density at radius 3 is 2.75 bits per heavy atom. The van der Waals surface area contributed by atoms with Crippen molar-refractivity contribution < 1.29 is 23.0 Å². The first kappa shape index (κ1) is 10.6. The van der Waals surface area contributed by atoms with Crippen LogP contribution >= 0.6 is 0 Å². The van der Waals surface area contributed by atoms with Crippen LogP contribution in [0.2, 0.25) is 0 Å². The van der Waals surface area contributed by atoms with Gasteiger partial charge in [0.2, 0.25) is 5.91 Å². The second kappa shape index (κ2) is 3.60. The maximum absolute atomic E-state index is 12.6. The molecule has 1 aliphatic rings. The highest BCUT2D eigenvalue weighted by Gasteiger charge is 2.43. The SMILES string of the molecule is NCC(=O)Nc1ccc2c(c1)OC(F)(F)O2. The molecule has 0 aliphatic carbocycles. The topological polar surface area (TPSA) is 73.6 Å². The van der Waals surface area contributed by atoms with Crippen LogP contribution in [-0.2, 0) is 4.79 Å². The fourth-order valence-electron chi connectivity index (χ4n) is 1.24. The Bertz CT molecular complexity index is 437. The minimum Gasteiger partial charge on any atom is -0.395 e. The first-order valence-corrected chi connectivity index (χ1v) is 4.40. The summed E-state index contributed by atoms with van der Waals surface area (Å²) in [4.78, 5) is 11.0. The van der Waals surface area contributed by atoms with E-state index in [0.717, 1.165) is 0 Å². The fourth-order valence-corrected chi connectivity index (χ4v) is 1.24. The Balaban J connectivity index is 2.19. The predicted molar refractivity (Wildman–Crippen MR) is 50.3 cm³/mol.